The summed E-state index contributed by atoms with van der Waals surface area (Å²) in [6.07, 6.45) is 3.82. The van der Waals surface area contributed by atoms with Crippen molar-refractivity contribution in [1.29, 1.82) is 0 Å². The standard InChI is InChI=1S/C12H20BrNO2S2/c1-3-5-8-14(9-6-4-2)18(15,16)12-11(13)7-10-17-12/h7,10H,3-6,8-9H2,1-2H3. The molecule has 0 radical (unpaired) electrons. The maximum absolute atomic E-state index is 12.5. The molecule has 0 atom stereocenters. The minimum atomic E-state index is -3.33. The van der Waals surface area contributed by atoms with Crippen molar-refractivity contribution in [1.82, 2.24) is 4.31 Å². The summed E-state index contributed by atoms with van der Waals surface area (Å²) in [4.78, 5) is 0. The van der Waals surface area contributed by atoms with Crippen molar-refractivity contribution in [2.75, 3.05) is 13.1 Å². The van der Waals surface area contributed by atoms with Gasteiger partial charge in [-0.25, -0.2) is 8.42 Å². The maximum Gasteiger partial charge on any atom is 0.253 e. The lowest BCUT2D eigenvalue weighted by Gasteiger charge is -2.21. The minimum absolute atomic E-state index is 0.426. The Morgan fingerprint density at radius 2 is 1.78 bits per heavy atom. The molecule has 0 N–H and O–H groups in total. The van der Waals surface area contributed by atoms with Crippen LogP contribution in [-0.2, 0) is 10.0 Å². The van der Waals surface area contributed by atoms with E-state index in [1.165, 1.54) is 11.3 Å². The zero-order valence-electron chi connectivity index (χ0n) is 10.9. The molecular weight excluding hydrogens is 334 g/mol. The highest BCUT2D eigenvalue weighted by Crippen LogP contribution is 2.30. The van der Waals surface area contributed by atoms with Gasteiger partial charge < -0.3 is 0 Å². The fourth-order valence-electron chi connectivity index (χ4n) is 1.60. The smallest absolute Gasteiger partial charge is 0.206 e. The van der Waals surface area contributed by atoms with E-state index in [1.807, 2.05) is 0 Å². The molecule has 6 heteroatoms. The molecule has 0 fully saturated rings. The van der Waals surface area contributed by atoms with Gasteiger partial charge >= 0.3 is 0 Å². The molecule has 0 spiro atoms. The lowest BCUT2D eigenvalue weighted by Crippen LogP contribution is -2.32. The van der Waals surface area contributed by atoms with Crippen LogP contribution in [0.25, 0.3) is 0 Å². The van der Waals surface area contributed by atoms with Gasteiger partial charge in [0.05, 0.1) is 0 Å². The molecule has 1 aromatic heterocycles. The van der Waals surface area contributed by atoms with Crippen LogP contribution in [0.5, 0.6) is 0 Å². The second kappa shape index (κ2) is 7.62. The quantitative estimate of drug-likeness (QED) is 0.705. The Hall–Kier alpha value is 0.0900. The average molecular weight is 354 g/mol. The first-order valence-electron chi connectivity index (χ1n) is 6.27. The highest BCUT2D eigenvalue weighted by atomic mass is 79.9. The number of nitrogens with zero attached hydrogens (tertiary/aromatic N) is 1. The van der Waals surface area contributed by atoms with Crippen LogP contribution in [0.2, 0.25) is 0 Å². The molecule has 1 aromatic rings. The van der Waals surface area contributed by atoms with Gasteiger partial charge in [0.15, 0.2) is 0 Å². The fraction of sp³-hybridized carbons (Fsp3) is 0.667. The van der Waals surface area contributed by atoms with Crippen molar-refractivity contribution in [2.45, 2.75) is 43.7 Å². The molecule has 0 unspecified atom stereocenters. The number of unbranched alkanes of at least 4 members (excludes halogenated alkanes) is 2. The molecule has 0 saturated heterocycles. The molecule has 0 aliphatic heterocycles. The van der Waals surface area contributed by atoms with Crippen molar-refractivity contribution in [3.63, 3.8) is 0 Å². The van der Waals surface area contributed by atoms with Crippen molar-refractivity contribution < 1.29 is 8.42 Å². The Morgan fingerprint density at radius 3 is 2.17 bits per heavy atom. The van der Waals surface area contributed by atoms with E-state index in [9.17, 15) is 8.42 Å². The molecule has 0 aromatic carbocycles. The summed E-state index contributed by atoms with van der Waals surface area (Å²) in [5.41, 5.74) is 0. The Kier molecular flexibility index (Phi) is 6.84. The summed E-state index contributed by atoms with van der Waals surface area (Å²) in [7, 11) is -3.33. The third kappa shape index (κ3) is 4.05. The molecule has 0 aliphatic carbocycles. The molecule has 18 heavy (non-hydrogen) atoms. The first-order chi connectivity index (χ1) is 8.54. The van der Waals surface area contributed by atoms with Crippen LogP contribution >= 0.6 is 27.3 Å². The van der Waals surface area contributed by atoms with Crippen LogP contribution in [0, 0.1) is 0 Å². The number of thiophene rings is 1. The van der Waals surface area contributed by atoms with Gasteiger partial charge in [0.2, 0.25) is 0 Å². The van der Waals surface area contributed by atoms with Crippen molar-refractivity contribution in [3.8, 4) is 0 Å². The van der Waals surface area contributed by atoms with Crippen molar-refractivity contribution >= 4 is 37.3 Å². The van der Waals surface area contributed by atoms with Crippen LogP contribution in [0.4, 0.5) is 0 Å². The minimum Gasteiger partial charge on any atom is -0.206 e. The molecule has 0 amide bonds. The van der Waals surface area contributed by atoms with Gasteiger partial charge in [-0.3, -0.25) is 0 Å². The van der Waals surface area contributed by atoms with Crippen molar-refractivity contribution in [2.24, 2.45) is 0 Å². The van der Waals surface area contributed by atoms with Crippen LogP contribution in [0.3, 0.4) is 0 Å². The lowest BCUT2D eigenvalue weighted by molar-refractivity contribution is 0.396. The summed E-state index contributed by atoms with van der Waals surface area (Å²) < 4.78 is 27.8. The van der Waals surface area contributed by atoms with Crippen LogP contribution < -0.4 is 0 Å². The molecule has 3 nitrogen and oxygen atoms in total. The number of rotatable bonds is 8. The number of halogens is 1. The summed E-state index contributed by atoms with van der Waals surface area (Å²) in [6, 6.07) is 1.79. The topological polar surface area (TPSA) is 37.4 Å². The zero-order chi connectivity index (χ0) is 13.6. The molecule has 0 aliphatic rings. The molecule has 1 heterocycles. The van der Waals surface area contributed by atoms with Gasteiger partial charge in [0.1, 0.15) is 4.21 Å². The second-order valence-electron chi connectivity index (χ2n) is 4.17. The van der Waals surface area contributed by atoms with Crippen LogP contribution in [-0.4, -0.2) is 25.8 Å². The third-order valence-corrected chi connectivity index (χ3v) is 7.23. The summed E-state index contributed by atoms with van der Waals surface area (Å²) in [5.74, 6) is 0. The molecule has 1 rings (SSSR count). The highest BCUT2D eigenvalue weighted by molar-refractivity contribution is 9.10. The van der Waals surface area contributed by atoms with Gasteiger partial charge in [0.25, 0.3) is 10.0 Å². The Labute approximate surface area is 122 Å². The predicted molar refractivity (Wildman–Crippen MR) is 80.6 cm³/mol. The van der Waals surface area contributed by atoms with Crippen LogP contribution in [0.1, 0.15) is 39.5 Å². The van der Waals surface area contributed by atoms with E-state index < -0.39 is 10.0 Å². The predicted octanol–water partition coefficient (Wildman–Crippen LogP) is 4.10. The van der Waals surface area contributed by atoms with Gasteiger partial charge in [-0.05, 0) is 40.2 Å². The average Bonchev–Trinajstić information content (AvgIpc) is 2.76. The van der Waals surface area contributed by atoms with E-state index in [2.05, 4.69) is 29.8 Å². The van der Waals surface area contributed by atoms with E-state index in [-0.39, 0.29) is 0 Å². The first-order valence-corrected chi connectivity index (χ1v) is 9.38. The first kappa shape index (κ1) is 16.1. The number of hydrogen-bond acceptors (Lipinski definition) is 3. The van der Waals surface area contributed by atoms with E-state index in [0.717, 1.165) is 25.7 Å². The fourth-order valence-corrected chi connectivity index (χ4v) is 5.57. The number of hydrogen-bond donors (Lipinski definition) is 0. The third-order valence-electron chi connectivity index (χ3n) is 2.68. The number of sulfonamides is 1. The van der Waals surface area contributed by atoms with Gasteiger partial charge in [-0.2, -0.15) is 4.31 Å². The summed E-state index contributed by atoms with van der Waals surface area (Å²) in [6.45, 7) is 5.38. The maximum atomic E-state index is 12.5. The SMILES string of the molecule is CCCCN(CCCC)S(=O)(=O)c1sccc1Br. The van der Waals surface area contributed by atoms with E-state index in [4.69, 9.17) is 0 Å². The van der Waals surface area contributed by atoms with E-state index >= 15 is 0 Å². The molecular formula is C12H20BrNO2S2. The highest BCUT2D eigenvalue weighted by Gasteiger charge is 2.26. The molecule has 104 valence electrons. The lowest BCUT2D eigenvalue weighted by atomic mass is 10.3. The van der Waals surface area contributed by atoms with E-state index in [1.54, 1.807) is 15.8 Å². The Bertz CT molecular complexity index is 448. The summed E-state index contributed by atoms with van der Waals surface area (Å²) in [5, 5.41) is 1.80. The Balaban J connectivity index is 2.92. The normalized spacial score (nSPS) is 12.2. The largest absolute Gasteiger partial charge is 0.253 e. The zero-order valence-corrected chi connectivity index (χ0v) is 14.1. The van der Waals surface area contributed by atoms with Gasteiger partial charge in [-0.15, -0.1) is 11.3 Å². The van der Waals surface area contributed by atoms with Gasteiger partial charge in [-0.1, -0.05) is 26.7 Å². The van der Waals surface area contributed by atoms with Gasteiger partial charge in [0, 0.05) is 17.6 Å². The van der Waals surface area contributed by atoms with Crippen LogP contribution in [0.15, 0.2) is 20.1 Å². The molecule has 0 bridgehead atoms. The second-order valence-corrected chi connectivity index (χ2v) is 8.07. The van der Waals surface area contributed by atoms with E-state index in [0.29, 0.717) is 21.8 Å². The molecule has 0 saturated carbocycles. The van der Waals surface area contributed by atoms with Crippen molar-refractivity contribution in [3.05, 3.63) is 15.9 Å². The summed E-state index contributed by atoms with van der Waals surface area (Å²) >= 11 is 4.59. The monoisotopic (exact) mass is 353 g/mol. The Morgan fingerprint density at radius 1 is 1.22 bits per heavy atom.